The Balaban J connectivity index is 1.95. The molecular weight excluding hydrogens is 246 g/mol. The first-order valence-corrected chi connectivity index (χ1v) is 7.01. The van der Waals surface area contributed by atoms with E-state index >= 15 is 0 Å². The van der Waals surface area contributed by atoms with Crippen LogP contribution in [0.4, 0.5) is 0 Å². The molecule has 0 aromatic heterocycles. The van der Waals surface area contributed by atoms with E-state index in [0.29, 0.717) is 5.88 Å². The molecular formula is C15H20ClNO. The van der Waals surface area contributed by atoms with Crippen LogP contribution < -0.4 is 5.32 Å². The van der Waals surface area contributed by atoms with E-state index in [-0.39, 0.29) is 11.3 Å². The maximum atomic E-state index is 12.1. The first-order chi connectivity index (χ1) is 8.54. The number of aryl methyl sites for hydroxylation is 2. The summed E-state index contributed by atoms with van der Waals surface area (Å²) in [7, 11) is 0. The maximum absolute atomic E-state index is 12.1. The third kappa shape index (κ3) is 3.26. The summed E-state index contributed by atoms with van der Waals surface area (Å²) in [4.78, 5) is 12.1. The molecule has 3 heteroatoms. The number of halogens is 1. The number of benzene rings is 1. The summed E-state index contributed by atoms with van der Waals surface area (Å²) in [5.74, 6) is 0.710. The Morgan fingerprint density at radius 2 is 1.89 bits per heavy atom. The van der Waals surface area contributed by atoms with Crippen molar-refractivity contribution in [3.05, 3.63) is 34.9 Å². The van der Waals surface area contributed by atoms with Crippen molar-refractivity contribution in [2.45, 2.75) is 33.1 Å². The summed E-state index contributed by atoms with van der Waals surface area (Å²) < 4.78 is 0. The average Bonchev–Trinajstić information content (AvgIpc) is 3.06. The summed E-state index contributed by atoms with van der Waals surface area (Å²) in [6.07, 6.45) is 3.38. The maximum Gasteiger partial charge on any atom is 0.251 e. The molecule has 0 saturated heterocycles. The third-order valence-corrected chi connectivity index (χ3v) is 3.88. The highest BCUT2D eigenvalue weighted by Crippen LogP contribution is 2.48. The van der Waals surface area contributed by atoms with Gasteiger partial charge in [0, 0.05) is 18.0 Å². The predicted molar refractivity (Wildman–Crippen MR) is 75.3 cm³/mol. The monoisotopic (exact) mass is 265 g/mol. The number of hydrogen-bond donors (Lipinski definition) is 1. The second-order valence-electron chi connectivity index (χ2n) is 5.50. The van der Waals surface area contributed by atoms with Gasteiger partial charge in [-0.25, -0.2) is 0 Å². The van der Waals surface area contributed by atoms with Gasteiger partial charge >= 0.3 is 0 Å². The molecule has 0 aliphatic heterocycles. The molecule has 0 heterocycles. The van der Waals surface area contributed by atoms with Crippen molar-refractivity contribution in [1.29, 1.82) is 0 Å². The molecule has 0 spiro atoms. The molecule has 18 heavy (non-hydrogen) atoms. The standard InChI is InChI=1S/C15H20ClNO/c1-11-7-12(2)9-13(8-11)14(18)17-10-15(3-4-15)5-6-16/h7-9H,3-6,10H2,1-2H3,(H,17,18). The van der Waals surface area contributed by atoms with Gasteiger partial charge in [0.25, 0.3) is 5.91 Å². The van der Waals surface area contributed by atoms with Gasteiger partial charge in [-0.2, -0.15) is 0 Å². The minimum atomic E-state index is 0.0302. The van der Waals surface area contributed by atoms with Crippen LogP contribution in [0.15, 0.2) is 18.2 Å². The Morgan fingerprint density at radius 1 is 1.28 bits per heavy atom. The second-order valence-corrected chi connectivity index (χ2v) is 5.88. The van der Waals surface area contributed by atoms with Crippen molar-refractivity contribution >= 4 is 17.5 Å². The third-order valence-electron chi connectivity index (χ3n) is 3.69. The molecule has 1 aliphatic rings. The Hall–Kier alpha value is -1.02. The molecule has 1 aromatic rings. The van der Waals surface area contributed by atoms with Crippen LogP contribution in [0.2, 0.25) is 0 Å². The van der Waals surface area contributed by atoms with Crippen LogP contribution in [0.5, 0.6) is 0 Å². The number of carbonyl (C=O) groups is 1. The predicted octanol–water partition coefficient (Wildman–Crippen LogP) is 3.44. The molecule has 2 rings (SSSR count). The van der Waals surface area contributed by atoms with Crippen molar-refractivity contribution in [3.63, 3.8) is 0 Å². The zero-order valence-corrected chi connectivity index (χ0v) is 11.8. The minimum Gasteiger partial charge on any atom is -0.351 e. The van der Waals surface area contributed by atoms with Crippen LogP contribution >= 0.6 is 11.6 Å². The molecule has 0 radical (unpaired) electrons. The van der Waals surface area contributed by atoms with Crippen molar-refractivity contribution in [1.82, 2.24) is 5.32 Å². The lowest BCUT2D eigenvalue weighted by molar-refractivity contribution is 0.0944. The molecule has 98 valence electrons. The molecule has 1 N–H and O–H groups in total. The van der Waals surface area contributed by atoms with Crippen LogP contribution in [0.3, 0.4) is 0 Å². The van der Waals surface area contributed by atoms with E-state index < -0.39 is 0 Å². The van der Waals surface area contributed by atoms with Gasteiger partial charge in [-0.15, -0.1) is 11.6 Å². The minimum absolute atomic E-state index is 0.0302. The summed E-state index contributed by atoms with van der Waals surface area (Å²) in [5, 5.41) is 3.04. The summed E-state index contributed by atoms with van der Waals surface area (Å²) >= 11 is 5.79. The zero-order chi connectivity index (χ0) is 13.2. The SMILES string of the molecule is Cc1cc(C)cc(C(=O)NCC2(CCCl)CC2)c1. The van der Waals surface area contributed by atoms with Crippen LogP contribution in [0.1, 0.15) is 40.7 Å². The molecule has 1 aliphatic carbocycles. The number of carbonyl (C=O) groups excluding carboxylic acids is 1. The van der Waals surface area contributed by atoms with Crippen molar-refractivity contribution in [3.8, 4) is 0 Å². The van der Waals surface area contributed by atoms with Crippen molar-refractivity contribution in [2.24, 2.45) is 5.41 Å². The highest BCUT2D eigenvalue weighted by atomic mass is 35.5. The van der Waals surface area contributed by atoms with Gasteiger partial charge in [0.05, 0.1) is 0 Å². The fourth-order valence-corrected chi connectivity index (χ4v) is 2.77. The van der Waals surface area contributed by atoms with E-state index in [4.69, 9.17) is 11.6 Å². The van der Waals surface area contributed by atoms with Crippen molar-refractivity contribution < 1.29 is 4.79 Å². The van der Waals surface area contributed by atoms with E-state index in [0.717, 1.165) is 29.7 Å². The first-order valence-electron chi connectivity index (χ1n) is 6.47. The van der Waals surface area contributed by atoms with E-state index in [2.05, 4.69) is 11.4 Å². The quantitative estimate of drug-likeness (QED) is 0.812. The lowest BCUT2D eigenvalue weighted by atomic mass is 10.0. The number of rotatable bonds is 5. The Labute approximate surface area is 114 Å². The second kappa shape index (κ2) is 5.31. The van der Waals surface area contributed by atoms with Gasteiger partial charge in [0.1, 0.15) is 0 Å². The molecule has 0 bridgehead atoms. The molecule has 0 atom stereocenters. The normalized spacial score (nSPS) is 16.4. The number of hydrogen-bond acceptors (Lipinski definition) is 1. The fraction of sp³-hybridized carbons (Fsp3) is 0.533. The molecule has 2 nitrogen and oxygen atoms in total. The van der Waals surface area contributed by atoms with E-state index in [9.17, 15) is 4.79 Å². The van der Waals surface area contributed by atoms with Crippen LogP contribution in [0.25, 0.3) is 0 Å². The molecule has 1 saturated carbocycles. The Morgan fingerprint density at radius 3 is 2.39 bits per heavy atom. The average molecular weight is 266 g/mol. The topological polar surface area (TPSA) is 29.1 Å². The van der Waals surface area contributed by atoms with Gasteiger partial charge < -0.3 is 5.32 Å². The summed E-state index contributed by atoms with van der Waals surface area (Å²) in [6, 6.07) is 5.94. The van der Waals surface area contributed by atoms with Gasteiger partial charge in [-0.1, -0.05) is 17.2 Å². The Kier molecular flexibility index (Phi) is 3.96. The largest absolute Gasteiger partial charge is 0.351 e. The highest BCUT2D eigenvalue weighted by molar-refractivity contribution is 6.17. The number of amides is 1. The smallest absolute Gasteiger partial charge is 0.251 e. The lowest BCUT2D eigenvalue weighted by Gasteiger charge is -2.14. The number of nitrogens with one attached hydrogen (secondary N) is 1. The van der Waals surface area contributed by atoms with Crippen LogP contribution in [-0.4, -0.2) is 18.3 Å². The van der Waals surface area contributed by atoms with E-state index in [1.54, 1.807) is 0 Å². The van der Waals surface area contributed by atoms with Gasteiger partial charge in [-0.05, 0) is 50.7 Å². The zero-order valence-electron chi connectivity index (χ0n) is 11.1. The van der Waals surface area contributed by atoms with Gasteiger partial charge in [-0.3, -0.25) is 4.79 Å². The van der Waals surface area contributed by atoms with E-state index in [1.807, 2.05) is 26.0 Å². The molecule has 1 aromatic carbocycles. The van der Waals surface area contributed by atoms with Gasteiger partial charge in [0.2, 0.25) is 0 Å². The number of alkyl halides is 1. The molecule has 1 amide bonds. The lowest BCUT2D eigenvalue weighted by Crippen LogP contribution is -2.30. The van der Waals surface area contributed by atoms with Crippen molar-refractivity contribution in [2.75, 3.05) is 12.4 Å². The van der Waals surface area contributed by atoms with Gasteiger partial charge in [0.15, 0.2) is 0 Å². The fourth-order valence-electron chi connectivity index (χ4n) is 2.37. The van der Waals surface area contributed by atoms with E-state index in [1.165, 1.54) is 12.8 Å². The first kappa shape index (κ1) is 13.4. The van der Waals surface area contributed by atoms with Crippen LogP contribution in [-0.2, 0) is 0 Å². The molecule has 1 fully saturated rings. The van der Waals surface area contributed by atoms with Crippen LogP contribution in [0, 0.1) is 19.3 Å². The Bertz CT molecular complexity index is 432. The summed E-state index contributed by atoms with van der Waals surface area (Å²) in [6.45, 7) is 4.78. The molecule has 0 unspecified atom stereocenters. The highest BCUT2D eigenvalue weighted by Gasteiger charge is 2.41. The summed E-state index contributed by atoms with van der Waals surface area (Å²) in [5.41, 5.74) is 3.30.